The normalized spacial score (nSPS) is 20.6. The molecule has 1 fully saturated rings. The van der Waals surface area contributed by atoms with Gasteiger partial charge in [-0.05, 0) is 59.1 Å². The third kappa shape index (κ3) is 2.44. The first-order valence-electron chi connectivity index (χ1n) is 8.52. The Bertz CT molecular complexity index is 640. The van der Waals surface area contributed by atoms with Crippen molar-refractivity contribution in [2.24, 2.45) is 5.92 Å². The molecule has 0 spiro atoms. The number of benzene rings is 2. The average Bonchev–Trinajstić information content (AvgIpc) is 2.76. The van der Waals surface area contributed by atoms with Crippen LogP contribution in [0.25, 0.3) is 10.8 Å². The van der Waals surface area contributed by atoms with E-state index in [1.54, 1.807) is 16.5 Å². The number of aryl methyl sites for hydroxylation is 2. The summed E-state index contributed by atoms with van der Waals surface area (Å²) in [7, 11) is 0. The molecule has 1 heteroatoms. The summed E-state index contributed by atoms with van der Waals surface area (Å²) in [6, 6.07) is 11.7. The van der Waals surface area contributed by atoms with Crippen molar-refractivity contribution >= 4 is 26.7 Å². The number of rotatable bonds is 2. The minimum absolute atomic E-state index is 0.528. The highest BCUT2D eigenvalue weighted by Gasteiger charge is 2.25. The lowest BCUT2D eigenvalue weighted by Crippen LogP contribution is -2.07. The zero-order valence-electron chi connectivity index (χ0n) is 12.6. The van der Waals surface area contributed by atoms with Crippen LogP contribution in [0.4, 0.5) is 0 Å². The first-order valence-corrected chi connectivity index (χ1v) is 9.43. The summed E-state index contributed by atoms with van der Waals surface area (Å²) < 4.78 is 0. The van der Waals surface area contributed by atoms with E-state index in [0.717, 1.165) is 5.92 Å². The van der Waals surface area contributed by atoms with E-state index in [9.17, 15) is 0 Å². The van der Waals surface area contributed by atoms with Crippen LogP contribution >= 0.6 is 15.9 Å². The van der Waals surface area contributed by atoms with Gasteiger partial charge in [0.05, 0.1) is 0 Å². The number of halogens is 1. The molecule has 1 unspecified atom stereocenters. The van der Waals surface area contributed by atoms with Gasteiger partial charge in [0.25, 0.3) is 0 Å². The van der Waals surface area contributed by atoms with Crippen molar-refractivity contribution in [3.8, 4) is 0 Å². The van der Waals surface area contributed by atoms with Crippen molar-refractivity contribution in [3.63, 3.8) is 0 Å². The molecule has 0 bridgehead atoms. The van der Waals surface area contributed by atoms with Crippen LogP contribution in [0.2, 0.25) is 0 Å². The van der Waals surface area contributed by atoms with E-state index < -0.39 is 0 Å². The Balaban J connectivity index is 1.76. The first-order chi connectivity index (χ1) is 10.3. The molecule has 0 aromatic heterocycles. The van der Waals surface area contributed by atoms with E-state index in [4.69, 9.17) is 0 Å². The second-order valence-electron chi connectivity index (χ2n) is 6.81. The molecule has 4 rings (SSSR count). The zero-order chi connectivity index (χ0) is 14.2. The Morgan fingerprint density at radius 2 is 1.57 bits per heavy atom. The fourth-order valence-corrected chi connectivity index (χ4v) is 5.30. The van der Waals surface area contributed by atoms with Gasteiger partial charge in [0.1, 0.15) is 0 Å². The van der Waals surface area contributed by atoms with Crippen LogP contribution in [0.3, 0.4) is 0 Å². The SMILES string of the molecule is BrC(c1ccc2c3c(cccc13)CC2)C1CCCCCC1. The van der Waals surface area contributed by atoms with Gasteiger partial charge in [-0.25, -0.2) is 0 Å². The number of hydrogen-bond donors (Lipinski definition) is 0. The summed E-state index contributed by atoms with van der Waals surface area (Å²) in [5.41, 5.74) is 4.65. The molecule has 2 aliphatic carbocycles. The topological polar surface area (TPSA) is 0 Å². The predicted molar refractivity (Wildman–Crippen MR) is 94.2 cm³/mol. The van der Waals surface area contributed by atoms with Gasteiger partial charge in [0.15, 0.2) is 0 Å². The molecular formula is C20H23Br. The van der Waals surface area contributed by atoms with Crippen molar-refractivity contribution < 1.29 is 0 Å². The van der Waals surface area contributed by atoms with E-state index >= 15 is 0 Å². The highest BCUT2D eigenvalue weighted by atomic mass is 79.9. The molecule has 0 amide bonds. The maximum Gasteiger partial charge on any atom is 0.0429 e. The van der Waals surface area contributed by atoms with Gasteiger partial charge in [-0.1, -0.05) is 71.9 Å². The largest absolute Gasteiger partial charge is 0.0836 e. The molecule has 0 saturated heterocycles. The zero-order valence-corrected chi connectivity index (χ0v) is 14.2. The van der Waals surface area contributed by atoms with E-state index in [1.165, 1.54) is 62.3 Å². The Morgan fingerprint density at radius 3 is 2.33 bits per heavy atom. The molecule has 2 aromatic rings. The summed E-state index contributed by atoms with van der Waals surface area (Å²) in [5.74, 6) is 0.811. The van der Waals surface area contributed by atoms with Gasteiger partial charge < -0.3 is 0 Å². The minimum Gasteiger partial charge on any atom is -0.0836 e. The molecule has 110 valence electrons. The van der Waals surface area contributed by atoms with E-state index in [1.807, 2.05) is 0 Å². The molecule has 0 nitrogen and oxygen atoms in total. The lowest BCUT2D eigenvalue weighted by molar-refractivity contribution is 0.456. The molecule has 0 heterocycles. The monoisotopic (exact) mass is 342 g/mol. The molecular weight excluding hydrogens is 320 g/mol. The van der Waals surface area contributed by atoms with E-state index in [2.05, 4.69) is 46.3 Å². The van der Waals surface area contributed by atoms with Gasteiger partial charge >= 0.3 is 0 Å². The molecule has 2 aromatic carbocycles. The Kier molecular flexibility index (Phi) is 3.79. The third-order valence-electron chi connectivity index (χ3n) is 5.52. The molecule has 1 saturated carbocycles. The Morgan fingerprint density at radius 1 is 0.857 bits per heavy atom. The molecule has 0 aliphatic heterocycles. The first kappa shape index (κ1) is 13.8. The second kappa shape index (κ2) is 5.76. The highest BCUT2D eigenvalue weighted by molar-refractivity contribution is 9.09. The maximum absolute atomic E-state index is 4.07. The van der Waals surface area contributed by atoms with Gasteiger partial charge in [-0.15, -0.1) is 0 Å². The van der Waals surface area contributed by atoms with Gasteiger partial charge in [0, 0.05) is 4.83 Å². The molecule has 21 heavy (non-hydrogen) atoms. The molecule has 1 atom stereocenters. The molecule has 0 radical (unpaired) electrons. The smallest absolute Gasteiger partial charge is 0.0429 e. The third-order valence-corrected chi connectivity index (χ3v) is 6.76. The van der Waals surface area contributed by atoms with Crippen LogP contribution in [-0.2, 0) is 12.8 Å². The van der Waals surface area contributed by atoms with Crippen molar-refractivity contribution in [3.05, 3.63) is 47.0 Å². The Labute approximate surface area is 136 Å². The number of alkyl halides is 1. The summed E-state index contributed by atoms with van der Waals surface area (Å²) >= 11 is 4.07. The lowest BCUT2D eigenvalue weighted by Gasteiger charge is -2.23. The number of hydrogen-bond acceptors (Lipinski definition) is 0. The summed E-state index contributed by atoms with van der Waals surface area (Å²) in [5, 5.41) is 3.07. The predicted octanol–water partition coefficient (Wildman–Crippen LogP) is 6.34. The van der Waals surface area contributed by atoms with Crippen molar-refractivity contribution in [2.45, 2.75) is 56.2 Å². The van der Waals surface area contributed by atoms with Gasteiger partial charge in [-0.2, -0.15) is 0 Å². The quantitative estimate of drug-likeness (QED) is 0.440. The Hall–Kier alpha value is -0.820. The van der Waals surface area contributed by atoms with Crippen molar-refractivity contribution in [2.75, 3.05) is 0 Å². The van der Waals surface area contributed by atoms with Crippen LogP contribution in [0.1, 0.15) is 60.0 Å². The summed E-state index contributed by atoms with van der Waals surface area (Å²) in [4.78, 5) is 0.528. The lowest BCUT2D eigenvalue weighted by atomic mass is 9.89. The van der Waals surface area contributed by atoms with Crippen molar-refractivity contribution in [1.82, 2.24) is 0 Å². The van der Waals surface area contributed by atoms with Crippen LogP contribution in [-0.4, -0.2) is 0 Å². The fraction of sp³-hybridized carbons (Fsp3) is 0.500. The van der Waals surface area contributed by atoms with Crippen LogP contribution in [0.5, 0.6) is 0 Å². The van der Waals surface area contributed by atoms with Crippen LogP contribution < -0.4 is 0 Å². The standard InChI is InChI=1S/C20H23Br/c21-20(16-6-3-1-2-4-7-16)18-13-12-15-11-10-14-8-5-9-17(18)19(14)15/h5,8-9,12-13,16,20H,1-4,6-7,10-11H2. The maximum atomic E-state index is 4.07. The summed E-state index contributed by atoms with van der Waals surface area (Å²) in [6.45, 7) is 0. The average molecular weight is 343 g/mol. The van der Waals surface area contributed by atoms with Crippen molar-refractivity contribution in [1.29, 1.82) is 0 Å². The van der Waals surface area contributed by atoms with Crippen LogP contribution in [0, 0.1) is 5.92 Å². The fourth-order valence-electron chi connectivity index (χ4n) is 4.37. The molecule has 0 N–H and O–H groups in total. The molecule has 2 aliphatic rings. The highest BCUT2D eigenvalue weighted by Crippen LogP contribution is 2.43. The second-order valence-corrected chi connectivity index (χ2v) is 7.79. The van der Waals surface area contributed by atoms with Crippen LogP contribution in [0.15, 0.2) is 30.3 Å². The van der Waals surface area contributed by atoms with E-state index in [0.29, 0.717) is 4.83 Å². The summed E-state index contributed by atoms with van der Waals surface area (Å²) in [6.07, 6.45) is 10.9. The van der Waals surface area contributed by atoms with E-state index in [-0.39, 0.29) is 0 Å². The van der Waals surface area contributed by atoms with Gasteiger partial charge in [0.2, 0.25) is 0 Å². The minimum atomic E-state index is 0.528. The van der Waals surface area contributed by atoms with Gasteiger partial charge in [-0.3, -0.25) is 0 Å².